The molecule has 2 aromatic heterocycles. The normalized spacial score (nSPS) is 10.8. The van der Waals surface area contributed by atoms with Crippen molar-refractivity contribution in [3.05, 3.63) is 83.9 Å². The average Bonchev–Trinajstić information content (AvgIpc) is 3.44. The Morgan fingerprint density at radius 1 is 0.775 bits per heavy atom. The first kappa shape index (κ1) is 26.6. The van der Waals surface area contributed by atoms with E-state index in [1.807, 2.05) is 66.7 Å². The summed E-state index contributed by atoms with van der Waals surface area (Å²) in [5, 5.41) is 11.3. The molecule has 2 N–H and O–H groups in total. The molecule has 1 amide bonds. The van der Waals surface area contributed by atoms with Crippen molar-refractivity contribution in [2.24, 2.45) is 0 Å². The lowest BCUT2D eigenvalue weighted by molar-refractivity contribution is 0.0955. The van der Waals surface area contributed by atoms with E-state index < -0.39 is 0 Å². The van der Waals surface area contributed by atoms with E-state index in [-0.39, 0.29) is 5.91 Å². The van der Waals surface area contributed by atoms with E-state index in [1.54, 1.807) is 34.5 Å². The zero-order valence-corrected chi connectivity index (χ0v) is 22.8. The largest absolute Gasteiger partial charge is 0.497 e. The van der Waals surface area contributed by atoms with Crippen LogP contribution in [0, 0.1) is 0 Å². The molecule has 9 nitrogen and oxygen atoms in total. The third-order valence-electron chi connectivity index (χ3n) is 6.68. The van der Waals surface area contributed by atoms with Crippen LogP contribution in [0.2, 0.25) is 0 Å². The number of carbonyl (C=O) groups excluding carboxylic acids is 1. The molecule has 5 aromatic rings. The van der Waals surface area contributed by atoms with Crippen LogP contribution < -0.4 is 24.3 Å². The van der Waals surface area contributed by atoms with Gasteiger partial charge in [0.15, 0.2) is 17.1 Å². The average molecular weight is 539 g/mol. The molecule has 0 saturated heterocycles. The van der Waals surface area contributed by atoms with Crippen LogP contribution in [0.5, 0.6) is 23.0 Å². The summed E-state index contributed by atoms with van der Waals surface area (Å²) in [7, 11) is 6.44. The number of aromatic nitrogens is 3. The van der Waals surface area contributed by atoms with E-state index in [2.05, 4.69) is 15.5 Å². The van der Waals surface area contributed by atoms with E-state index >= 15 is 0 Å². The topological polar surface area (TPSA) is 108 Å². The monoisotopic (exact) mass is 538 g/mol. The lowest BCUT2D eigenvalue weighted by Gasteiger charge is -2.12. The number of nitrogens with zero attached hydrogens (tertiary/aromatic N) is 2. The minimum Gasteiger partial charge on any atom is -0.497 e. The van der Waals surface area contributed by atoms with Gasteiger partial charge in [-0.05, 0) is 78.7 Å². The van der Waals surface area contributed by atoms with Crippen molar-refractivity contribution in [1.29, 1.82) is 0 Å². The molecule has 40 heavy (non-hydrogen) atoms. The SMILES string of the molecule is COc1ccc(-c2cc(C(=O)NCCc3ccc(OC)c(OC)c3)c3c(-c4ccc(OC)cc4)[nH]nc3n2)cc1. The van der Waals surface area contributed by atoms with Gasteiger partial charge in [0.25, 0.3) is 5.91 Å². The number of aromatic amines is 1. The van der Waals surface area contributed by atoms with Gasteiger partial charge in [-0.2, -0.15) is 5.10 Å². The first-order chi connectivity index (χ1) is 19.5. The molecule has 0 atom stereocenters. The first-order valence-corrected chi connectivity index (χ1v) is 12.7. The van der Waals surface area contributed by atoms with Crippen LogP contribution in [0.15, 0.2) is 72.8 Å². The Labute approximate surface area is 232 Å². The zero-order chi connectivity index (χ0) is 28.1. The number of hydrogen-bond donors (Lipinski definition) is 2. The molecular weight excluding hydrogens is 508 g/mol. The van der Waals surface area contributed by atoms with E-state index in [9.17, 15) is 4.79 Å². The van der Waals surface area contributed by atoms with Gasteiger partial charge in [0.2, 0.25) is 0 Å². The Kier molecular flexibility index (Phi) is 7.82. The van der Waals surface area contributed by atoms with Crippen molar-refractivity contribution < 1.29 is 23.7 Å². The molecule has 0 radical (unpaired) electrons. The Balaban J connectivity index is 1.49. The van der Waals surface area contributed by atoms with E-state index in [4.69, 9.17) is 23.9 Å². The molecular formula is C31H30N4O5. The van der Waals surface area contributed by atoms with Gasteiger partial charge in [-0.15, -0.1) is 0 Å². The molecule has 0 aliphatic rings. The van der Waals surface area contributed by atoms with E-state index in [0.29, 0.717) is 52.4 Å². The number of methoxy groups -OCH3 is 4. The van der Waals surface area contributed by atoms with Crippen LogP contribution in [-0.4, -0.2) is 56.1 Å². The molecule has 5 rings (SSSR count). The van der Waals surface area contributed by atoms with E-state index in [1.165, 1.54) is 0 Å². The van der Waals surface area contributed by atoms with Gasteiger partial charge in [-0.3, -0.25) is 9.89 Å². The number of fused-ring (bicyclic) bond motifs is 1. The zero-order valence-electron chi connectivity index (χ0n) is 22.8. The fraction of sp³-hybridized carbons (Fsp3) is 0.194. The van der Waals surface area contributed by atoms with Crippen LogP contribution in [0.1, 0.15) is 15.9 Å². The molecule has 204 valence electrons. The molecule has 0 fully saturated rings. The Morgan fingerprint density at radius 3 is 2.05 bits per heavy atom. The van der Waals surface area contributed by atoms with Crippen molar-refractivity contribution in [3.8, 4) is 45.5 Å². The second kappa shape index (κ2) is 11.8. The van der Waals surface area contributed by atoms with Gasteiger partial charge in [-0.1, -0.05) is 6.07 Å². The maximum absolute atomic E-state index is 13.7. The number of rotatable bonds is 10. The Bertz CT molecular complexity index is 1630. The number of H-pyrrole nitrogens is 1. The highest BCUT2D eigenvalue weighted by Gasteiger charge is 2.20. The standard InChI is InChI=1S/C31H30N4O5/c1-37-22-10-6-20(7-11-22)25-18-24(31(36)32-16-15-19-5-14-26(39-3)27(17-19)40-4)28-29(34-35-30(28)33-25)21-8-12-23(38-2)13-9-21/h5-14,17-18H,15-16H2,1-4H3,(H,32,36)(H,33,34,35). The Hall–Kier alpha value is -5.05. The van der Waals surface area contributed by atoms with Crippen LogP contribution >= 0.6 is 0 Å². The summed E-state index contributed by atoms with van der Waals surface area (Å²) in [6, 6.07) is 22.6. The van der Waals surface area contributed by atoms with E-state index in [0.717, 1.165) is 28.2 Å². The van der Waals surface area contributed by atoms with Crippen molar-refractivity contribution in [2.75, 3.05) is 35.0 Å². The van der Waals surface area contributed by atoms with Crippen molar-refractivity contribution in [3.63, 3.8) is 0 Å². The number of pyridine rings is 1. The first-order valence-electron chi connectivity index (χ1n) is 12.7. The van der Waals surface area contributed by atoms with Gasteiger partial charge in [-0.25, -0.2) is 4.98 Å². The van der Waals surface area contributed by atoms with Gasteiger partial charge in [0.05, 0.1) is 50.8 Å². The minimum atomic E-state index is -0.223. The summed E-state index contributed by atoms with van der Waals surface area (Å²) in [5.41, 5.74) is 4.98. The van der Waals surface area contributed by atoms with Crippen molar-refractivity contribution >= 4 is 16.9 Å². The quantitative estimate of drug-likeness (QED) is 0.248. The third-order valence-corrected chi connectivity index (χ3v) is 6.68. The molecule has 0 aliphatic heterocycles. The highest BCUT2D eigenvalue weighted by atomic mass is 16.5. The summed E-state index contributed by atoms with van der Waals surface area (Å²) in [6.07, 6.45) is 0.613. The smallest absolute Gasteiger partial charge is 0.252 e. The maximum Gasteiger partial charge on any atom is 0.252 e. The lowest BCUT2D eigenvalue weighted by atomic mass is 10.0. The maximum atomic E-state index is 13.7. The second-order valence-corrected chi connectivity index (χ2v) is 9.00. The molecule has 3 aromatic carbocycles. The number of benzene rings is 3. The summed E-state index contributed by atoms with van der Waals surface area (Å²) < 4.78 is 21.3. The number of amides is 1. The molecule has 2 heterocycles. The van der Waals surface area contributed by atoms with Crippen LogP contribution in [0.3, 0.4) is 0 Å². The molecule has 0 saturated carbocycles. The van der Waals surface area contributed by atoms with Gasteiger partial charge < -0.3 is 24.3 Å². The molecule has 9 heteroatoms. The van der Waals surface area contributed by atoms with Crippen molar-refractivity contribution in [1.82, 2.24) is 20.5 Å². The highest BCUT2D eigenvalue weighted by Crippen LogP contribution is 2.33. The molecule has 0 aliphatic carbocycles. The molecule has 0 spiro atoms. The highest BCUT2D eigenvalue weighted by molar-refractivity contribution is 6.11. The van der Waals surface area contributed by atoms with Crippen LogP contribution in [0.4, 0.5) is 0 Å². The molecule has 0 bridgehead atoms. The van der Waals surface area contributed by atoms with Crippen LogP contribution in [-0.2, 0) is 6.42 Å². The predicted octanol–water partition coefficient (Wildman–Crippen LogP) is 5.30. The number of hydrogen-bond acceptors (Lipinski definition) is 7. The van der Waals surface area contributed by atoms with Crippen LogP contribution in [0.25, 0.3) is 33.5 Å². The summed E-state index contributed by atoms with van der Waals surface area (Å²) in [6.45, 7) is 0.422. The molecule has 0 unspecified atom stereocenters. The number of nitrogens with one attached hydrogen (secondary N) is 2. The van der Waals surface area contributed by atoms with Gasteiger partial charge in [0.1, 0.15) is 11.5 Å². The predicted molar refractivity (Wildman–Crippen MR) is 153 cm³/mol. The number of ether oxygens (including phenoxy) is 4. The third kappa shape index (κ3) is 5.40. The summed E-state index contributed by atoms with van der Waals surface area (Å²) in [5.74, 6) is 2.55. The summed E-state index contributed by atoms with van der Waals surface area (Å²) in [4.78, 5) is 18.4. The second-order valence-electron chi connectivity index (χ2n) is 9.00. The minimum absolute atomic E-state index is 0.223. The van der Waals surface area contributed by atoms with Gasteiger partial charge >= 0.3 is 0 Å². The lowest BCUT2D eigenvalue weighted by Crippen LogP contribution is -2.26. The van der Waals surface area contributed by atoms with Gasteiger partial charge in [0, 0.05) is 17.7 Å². The summed E-state index contributed by atoms with van der Waals surface area (Å²) >= 11 is 0. The Morgan fingerprint density at radius 2 is 1.43 bits per heavy atom. The number of carbonyl (C=O) groups is 1. The van der Waals surface area contributed by atoms with Crippen molar-refractivity contribution in [2.45, 2.75) is 6.42 Å². The fourth-order valence-electron chi connectivity index (χ4n) is 4.53. The fourth-order valence-corrected chi connectivity index (χ4v) is 4.53.